The van der Waals surface area contributed by atoms with Gasteiger partial charge in [0.2, 0.25) is 0 Å². The third-order valence-electron chi connectivity index (χ3n) is 4.24. The van der Waals surface area contributed by atoms with Crippen LogP contribution in [0.4, 0.5) is 0 Å². The Hall–Kier alpha value is -1.57. The number of piperidine rings is 1. The highest BCUT2D eigenvalue weighted by Gasteiger charge is 2.42. The SMILES string of the molecule is Cl.N#Cc1cccc(C(=O)N2[C@@H]3CC[C@H]2C[C@@H](N)C3)c1. The van der Waals surface area contributed by atoms with Crippen molar-refractivity contribution in [2.75, 3.05) is 0 Å². The number of rotatable bonds is 1. The summed E-state index contributed by atoms with van der Waals surface area (Å²) in [6, 6.07) is 9.83. The number of nitriles is 1. The van der Waals surface area contributed by atoms with Crippen molar-refractivity contribution < 1.29 is 4.79 Å². The molecule has 0 unspecified atom stereocenters. The molecule has 5 heteroatoms. The second kappa shape index (κ2) is 5.82. The Labute approximate surface area is 125 Å². The van der Waals surface area contributed by atoms with Crippen molar-refractivity contribution >= 4 is 18.3 Å². The standard InChI is InChI=1S/C15H17N3O.ClH/c16-9-10-2-1-3-11(6-10)15(19)18-13-4-5-14(18)8-12(17)7-13;/h1-3,6,12-14H,4-5,7-8,17H2;1H/t12-,13+,14-;. The lowest BCUT2D eigenvalue weighted by molar-refractivity contribution is 0.0575. The molecule has 2 N–H and O–H groups in total. The van der Waals surface area contributed by atoms with Gasteiger partial charge in [0.05, 0.1) is 11.6 Å². The van der Waals surface area contributed by atoms with Crippen molar-refractivity contribution in [2.24, 2.45) is 5.73 Å². The Morgan fingerprint density at radius 2 is 1.95 bits per heavy atom. The maximum absolute atomic E-state index is 12.6. The molecule has 4 nitrogen and oxygen atoms in total. The van der Waals surface area contributed by atoms with Gasteiger partial charge in [0.1, 0.15) is 0 Å². The fraction of sp³-hybridized carbons (Fsp3) is 0.467. The van der Waals surface area contributed by atoms with Gasteiger partial charge in [-0.05, 0) is 43.9 Å². The lowest BCUT2D eigenvalue weighted by atomic mass is 9.97. The number of carbonyl (C=O) groups excluding carboxylic acids is 1. The van der Waals surface area contributed by atoms with E-state index in [-0.39, 0.29) is 36.4 Å². The maximum Gasteiger partial charge on any atom is 0.254 e. The predicted molar refractivity (Wildman–Crippen MR) is 78.6 cm³/mol. The highest BCUT2D eigenvalue weighted by atomic mass is 35.5. The van der Waals surface area contributed by atoms with Gasteiger partial charge in [0.15, 0.2) is 0 Å². The molecule has 1 aromatic carbocycles. The van der Waals surface area contributed by atoms with Gasteiger partial charge in [-0.15, -0.1) is 12.4 Å². The molecule has 2 bridgehead atoms. The smallest absolute Gasteiger partial charge is 0.254 e. The van der Waals surface area contributed by atoms with Crippen LogP contribution in [-0.2, 0) is 0 Å². The minimum Gasteiger partial charge on any atom is -0.333 e. The zero-order valence-corrected chi connectivity index (χ0v) is 12.0. The fourth-order valence-electron chi connectivity index (χ4n) is 3.42. The first-order chi connectivity index (χ1) is 9.19. The number of hydrogen-bond donors (Lipinski definition) is 1. The Kier molecular flexibility index (Phi) is 4.32. The third kappa shape index (κ3) is 2.52. The summed E-state index contributed by atoms with van der Waals surface area (Å²) in [5.74, 6) is 0.0523. The predicted octanol–water partition coefficient (Wildman–Crippen LogP) is 2.07. The number of nitrogens with two attached hydrogens (primary N) is 1. The van der Waals surface area contributed by atoms with Crippen molar-refractivity contribution in [3.63, 3.8) is 0 Å². The molecule has 2 fully saturated rings. The summed E-state index contributed by atoms with van der Waals surface area (Å²) in [4.78, 5) is 14.6. The van der Waals surface area contributed by atoms with Gasteiger partial charge in [-0.3, -0.25) is 4.79 Å². The number of benzene rings is 1. The van der Waals surface area contributed by atoms with Crippen molar-refractivity contribution in [3.05, 3.63) is 35.4 Å². The first-order valence-electron chi connectivity index (χ1n) is 6.77. The molecule has 0 aromatic heterocycles. The average molecular weight is 292 g/mol. The van der Waals surface area contributed by atoms with Gasteiger partial charge in [0.25, 0.3) is 5.91 Å². The first-order valence-corrected chi connectivity index (χ1v) is 6.77. The van der Waals surface area contributed by atoms with E-state index in [2.05, 4.69) is 6.07 Å². The molecular weight excluding hydrogens is 274 g/mol. The summed E-state index contributed by atoms with van der Waals surface area (Å²) in [5.41, 5.74) is 7.17. The molecule has 0 saturated carbocycles. The summed E-state index contributed by atoms with van der Waals surface area (Å²) in [6.07, 6.45) is 3.92. The minimum absolute atomic E-state index is 0. The van der Waals surface area contributed by atoms with E-state index in [1.54, 1.807) is 24.3 Å². The van der Waals surface area contributed by atoms with Crippen LogP contribution in [0, 0.1) is 11.3 Å². The van der Waals surface area contributed by atoms with E-state index in [9.17, 15) is 4.79 Å². The molecule has 106 valence electrons. The van der Waals surface area contributed by atoms with Crippen LogP contribution in [0.1, 0.15) is 41.6 Å². The van der Waals surface area contributed by atoms with Crippen LogP contribution in [0.25, 0.3) is 0 Å². The van der Waals surface area contributed by atoms with E-state index in [1.165, 1.54) is 0 Å². The summed E-state index contributed by atoms with van der Waals surface area (Å²) in [5, 5.41) is 8.91. The number of halogens is 1. The lowest BCUT2D eigenvalue weighted by Crippen LogP contribution is -2.50. The Balaban J connectivity index is 0.00000147. The summed E-state index contributed by atoms with van der Waals surface area (Å²) in [7, 11) is 0. The molecule has 3 atom stereocenters. The van der Waals surface area contributed by atoms with E-state index in [0.717, 1.165) is 25.7 Å². The summed E-state index contributed by atoms with van der Waals surface area (Å²) < 4.78 is 0. The summed E-state index contributed by atoms with van der Waals surface area (Å²) in [6.45, 7) is 0. The van der Waals surface area contributed by atoms with E-state index >= 15 is 0 Å². The normalized spacial score (nSPS) is 27.6. The Bertz CT molecular complexity index is 540. The molecule has 1 amide bonds. The molecule has 0 aliphatic carbocycles. The fourth-order valence-corrected chi connectivity index (χ4v) is 3.42. The lowest BCUT2D eigenvalue weighted by Gasteiger charge is -2.37. The number of amides is 1. The molecule has 3 rings (SSSR count). The molecule has 2 aliphatic rings. The number of fused-ring (bicyclic) bond motifs is 2. The Morgan fingerprint density at radius 3 is 2.55 bits per heavy atom. The molecule has 2 saturated heterocycles. The maximum atomic E-state index is 12.6. The van der Waals surface area contributed by atoms with Crippen LogP contribution in [0.5, 0.6) is 0 Å². The minimum atomic E-state index is 0. The quantitative estimate of drug-likeness (QED) is 0.861. The van der Waals surface area contributed by atoms with Crippen LogP contribution in [0.3, 0.4) is 0 Å². The zero-order valence-electron chi connectivity index (χ0n) is 11.2. The molecule has 2 aliphatic heterocycles. The van der Waals surface area contributed by atoms with Crippen LogP contribution >= 0.6 is 12.4 Å². The van der Waals surface area contributed by atoms with Crippen molar-refractivity contribution in [1.29, 1.82) is 5.26 Å². The zero-order chi connectivity index (χ0) is 13.4. The highest BCUT2D eigenvalue weighted by molar-refractivity contribution is 5.95. The second-order valence-electron chi connectivity index (χ2n) is 5.52. The Morgan fingerprint density at radius 1 is 1.30 bits per heavy atom. The van der Waals surface area contributed by atoms with Gasteiger partial charge in [-0.2, -0.15) is 5.26 Å². The van der Waals surface area contributed by atoms with Crippen LogP contribution in [-0.4, -0.2) is 28.9 Å². The van der Waals surface area contributed by atoms with Crippen molar-refractivity contribution in [3.8, 4) is 6.07 Å². The van der Waals surface area contributed by atoms with E-state index in [1.807, 2.05) is 4.90 Å². The van der Waals surface area contributed by atoms with Gasteiger partial charge in [0, 0.05) is 23.7 Å². The molecule has 0 spiro atoms. The molecule has 1 aromatic rings. The van der Waals surface area contributed by atoms with Gasteiger partial charge < -0.3 is 10.6 Å². The van der Waals surface area contributed by atoms with Gasteiger partial charge >= 0.3 is 0 Å². The van der Waals surface area contributed by atoms with Gasteiger partial charge in [-0.25, -0.2) is 0 Å². The van der Waals surface area contributed by atoms with Gasteiger partial charge in [-0.1, -0.05) is 6.07 Å². The van der Waals surface area contributed by atoms with E-state index in [0.29, 0.717) is 11.1 Å². The molecule has 0 radical (unpaired) electrons. The van der Waals surface area contributed by atoms with Crippen LogP contribution in [0.15, 0.2) is 24.3 Å². The second-order valence-corrected chi connectivity index (χ2v) is 5.52. The van der Waals surface area contributed by atoms with E-state index in [4.69, 9.17) is 11.0 Å². The number of nitrogens with zero attached hydrogens (tertiary/aromatic N) is 2. The van der Waals surface area contributed by atoms with E-state index < -0.39 is 0 Å². The van der Waals surface area contributed by atoms with Crippen LogP contribution < -0.4 is 5.73 Å². The monoisotopic (exact) mass is 291 g/mol. The first kappa shape index (κ1) is 14.8. The molecule has 2 heterocycles. The van der Waals surface area contributed by atoms with Crippen molar-refractivity contribution in [1.82, 2.24) is 4.90 Å². The largest absolute Gasteiger partial charge is 0.333 e. The topological polar surface area (TPSA) is 70.1 Å². The third-order valence-corrected chi connectivity index (χ3v) is 4.24. The summed E-state index contributed by atoms with van der Waals surface area (Å²) >= 11 is 0. The molecular formula is C15H18ClN3O. The number of carbonyl (C=O) groups is 1. The molecule has 20 heavy (non-hydrogen) atoms. The number of hydrogen-bond acceptors (Lipinski definition) is 3. The average Bonchev–Trinajstić information content (AvgIpc) is 2.70. The van der Waals surface area contributed by atoms with Crippen LogP contribution in [0.2, 0.25) is 0 Å². The highest BCUT2D eigenvalue weighted by Crippen LogP contribution is 2.36. The van der Waals surface area contributed by atoms with Crippen molar-refractivity contribution in [2.45, 2.75) is 43.8 Å².